The standard InChI is InChI=1S/C15H18F3NO3/c1-10(19-14(20)13-7-4-8-21-13)9-22-12-6-3-2-5-11(12)15(16,17)18/h2-3,5-6,10,13H,4,7-9H2,1H3,(H,19,20). The number of amides is 1. The molecule has 1 aliphatic rings. The average Bonchev–Trinajstić information content (AvgIpc) is 2.98. The van der Waals surface area contributed by atoms with Crippen molar-refractivity contribution in [2.75, 3.05) is 13.2 Å². The highest BCUT2D eigenvalue weighted by Gasteiger charge is 2.34. The zero-order valence-electron chi connectivity index (χ0n) is 12.2. The van der Waals surface area contributed by atoms with E-state index >= 15 is 0 Å². The Bertz CT molecular complexity index is 513. The first kappa shape index (κ1) is 16.6. The first-order chi connectivity index (χ1) is 10.4. The zero-order chi connectivity index (χ0) is 16.2. The molecule has 0 bridgehead atoms. The summed E-state index contributed by atoms with van der Waals surface area (Å²) in [7, 11) is 0. The summed E-state index contributed by atoms with van der Waals surface area (Å²) < 4.78 is 48.9. The minimum absolute atomic E-state index is 0.0500. The van der Waals surface area contributed by atoms with Gasteiger partial charge in [0.25, 0.3) is 0 Å². The zero-order valence-corrected chi connectivity index (χ0v) is 12.2. The van der Waals surface area contributed by atoms with E-state index in [9.17, 15) is 18.0 Å². The molecule has 1 saturated heterocycles. The molecule has 0 aromatic heterocycles. The lowest BCUT2D eigenvalue weighted by Crippen LogP contribution is -2.42. The maximum atomic E-state index is 12.8. The summed E-state index contributed by atoms with van der Waals surface area (Å²) in [5, 5.41) is 2.68. The van der Waals surface area contributed by atoms with Gasteiger partial charge in [0.2, 0.25) is 5.91 Å². The molecular weight excluding hydrogens is 299 g/mol. The number of ether oxygens (including phenoxy) is 2. The number of benzene rings is 1. The molecule has 1 heterocycles. The molecule has 2 rings (SSSR count). The molecule has 2 atom stereocenters. The van der Waals surface area contributed by atoms with Gasteiger partial charge in [-0.15, -0.1) is 0 Å². The molecule has 1 aromatic carbocycles. The summed E-state index contributed by atoms with van der Waals surface area (Å²) in [6.07, 6.45) is -3.44. The monoisotopic (exact) mass is 317 g/mol. The quantitative estimate of drug-likeness (QED) is 0.908. The van der Waals surface area contributed by atoms with Gasteiger partial charge in [-0.05, 0) is 31.9 Å². The SMILES string of the molecule is CC(COc1ccccc1C(F)(F)F)NC(=O)C1CCCO1. The van der Waals surface area contributed by atoms with Crippen molar-refractivity contribution in [1.29, 1.82) is 0 Å². The van der Waals surface area contributed by atoms with Crippen molar-refractivity contribution in [3.05, 3.63) is 29.8 Å². The molecule has 122 valence electrons. The highest BCUT2D eigenvalue weighted by atomic mass is 19.4. The van der Waals surface area contributed by atoms with E-state index in [1.807, 2.05) is 0 Å². The maximum absolute atomic E-state index is 12.8. The Balaban J connectivity index is 1.88. The van der Waals surface area contributed by atoms with E-state index in [0.717, 1.165) is 12.5 Å². The topological polar surface area (TPSA) is 47.6 Å². The highest BCUT2D eigenvalue weighted by molar-refractivity contribution is 5.81. The summed E-state index contributed by atoms with van der Waals surface area (Å²) in [6, 6.07) is 4.58. The number of para-hydroxylation sites is 1. The molecule has 1 aromatic rings. The van der Waals surface area contributed by atoms with E-state index in [-0.39, 0.29) is 18.3 Å². The Labute approximate surface area is 126 Å². The van der Waals surface area contributed by atoms with Crippen LogP contribution in [0.15, 0.2) is 24.3 Å². The van der Waals surface area contributed by atoms with Gasteiger partial charge in [-0.25, -0.2) is 0 Å². The van der Waals surface area contributed by atoms with Gasteiger partial charge in [-0.3, -0.25) is 4.79 Å². The van der Waals surface area contributed by atoms with Gasteiger partial charge in [0.1, 0.15) is 18.5 Å². The summed E-state index contributed by atoms with van der Waals surface area (Å²) in [5.74, 6) is -0.495. The van der Waals surface area contributed by atoms with E-state index in [1.165, 1.54) is 18.2 Å². The van der Waals surface area contributed by atoms with Crippen LogP contribution in [0, 0.1) is 0 Å². The van der Waals surface area contributed by atoms with Crippen molar-refractivity contribution in [3.8, 4) is 5.75 Å². The second kappa shape index (κ2) is 7.00. The average molecular weight is 317 g/mol. The van der Waals surface area contributed by atoms with Crippen molar-refractivity contribution < 1.29 is 27.4 Å². The Morgan fingerprint density at radius 3 is 2.82 bits per heavy atom. The first-order valence-electron chi connectivity index (χ1n) is 7.09. The van der Waals surface area contributed by atoms with E-state index in [4.69, 9.17) is 9.47 Å². The predicted octanol–water partition coefficient (Wildman–Crippen LogP) is 2.77. The van der Waals surface area contributed by atoms with Crippen molar-refractivity contribution in [3.63, 3.8) is 0 Å². The molecule has 2 unspecified atom stereocenters. The lowest BCUT2D eigenvalue weighted by Gasteiger charge is -2.19. The predicted molar refractivity (Wildman–Crippen MR) is 73.5 cm³/mol. The fourth-order valence-electron chi connectivity index (χ4n) is 2.20. The van der Waals surface area contributed by atoms with Gasteiger partial charge in [-0.1, -0.05) is 12.1 Å². The van der Waals surface area contributed by atoms with Gasteiger partial charge < -0.3 is 14.8 Å². The molecular formula is C15H18F3NO3. The van der Waals surface area contributed by atoms with Gasteiger partial charge in [0.05, 0.1) is 11.6 Å². The minimum atomic E-state index is -4.47. The number of hydrogen-bond acceptors (Lipinski definition) is 3. The van der Waals surface area contributed by atoms with Crippen molar-refractivity contribution >= 4 is 5.91 Å². The van der Waals surface area contributed by atoms with E-state index in [2.05, 4.69) is 5.32 Å². The number of nitrogens with one attached hydrogen (secondary N) is 1. The molecule has 0 radical (unpaired) electrons. The fourth-order valence-corrected chi connectivity index (χ4v) is 2.20. The number of carbonyl (C=O) groups is 1. The van der Waals surface area contributed by atoms with Crippen LogP contribution < -0.4 is 10.1 Å². The van der Waals surface area contributed by atoms with Gasteiger partial charge in [-0.2, -0.15) is 13.2 Å². The molecule has 0 saturated carbocycles. The minimum Gasteiger partial charge on any atom is -0.491 e. The third kappa shape index (κ3) is 4.37. The largest absolute Gasteiger partial charge is 0.491 e. The normalized spacial score (nSPS) is 19.7. The van der Waals surface area contributed by atoms with Gasteiger partial charge >= 0.3 is 6.18 Å². The second-order valence-corrected chi connectivity index (χ2v) is 5.22. The van der Waals surface area contributed by atoms with Crippen LogP contribution >= 0.6 is 0 Å². The number of alkyl halides is 3. The van der Waals surface area contributed by atoms with Crippen LogP contribution in [0.2, 0.25) is 0 Å². The molecule has 1 N–H and O–H groups in total. The van der Waals surface area contributed by atoms with Crippen LogP contribution in [-0.2, 0) is 15.7 Å². The summed E-state index contributed by atoms with van der Waals surface area (Å²) in [5.41, 5.74) is -0.826. The van der Waals surface area contributed by atoms with Crippen LogP contribution in [0.1, 0.15) is 25.3 Å². The third-order valence-electron chi connectivity index (χ3n) is 3.29. The summed E-state index contributed by atoms with van der Waals surface area (Å²) >= 11 is 0. The van der Waals surface area contributed by atoms with Gasteiger partial charge in [0, 0.05) is 6.61 Å². The Kier molecular flexibility index (Phi) is 5.28. The molecule has 1 amide bonds. The first-order valence-corrected chi connectivity index (χ1v) is 7.09. The molecule has 1 aliphatic heterocycles. The molecule has 0 aliphatic carbocycles. The maximum Gasteiger partial charge on any atom is 0.419 e. The second-order valence-electron chi connectivity index (χ2n) is 5.22. The Hall–Kier alpha value is -1.76. The highest BCUT2D eigenvalue weighted by Crippen LogP contribution is 2.35. The molecule has 7 heteroatoms. The smallest absolute Gasteiger partial charge is 0.419 e. The lowest BCUT2D eigenvalue weighted by atomic mass is 10.2. The van der Waals surface area contributed by atoms with Crippen LogP contribution in [0.25, 0.3) is 0 Å². The summed E-state index contributed by atoms with van der Waals surface area (Å²) in [4.78, 5) is 11.8. The van der Waals surface area contributed by atoms with Crippen LogP contribution in [0.4, 0.5) is 13.2 Å². The number of carbonyl (C=O) groups excluding carboxylic acids is 1. The third-order valence-corrected chi connectivity index (χ3v) is 3.29. The number of rotatable bonds is 5. The van der Waals surface area contributed by atoms with E-state index < -0.39 is 23.9 Å². The van der Waals surface area contributed by atoms with Crippen LogP contribution in [0.3, 0.4) is 0 Å². The molecule has 1 fully saturated rings. The van der Waals surface area contributed by atoms with Gasteiger partial charge in [0.15, 0.2) is 0 Å². The Morgan fingerprint density at radius 1 is 1.45 bits per heavy atom. The Morgan fingerprint density at radius 2 is 2.18 bits per heavy atom. The molecule has 4 nitrogen and oxygen atoms in total. The number of hydrogen-bond donors (Lipinski definition) is 1. The summed E-state index contributed by atoms with van der Waals surface area (Å²) in [6.45, 7) is 2.18. The lowest BCUT2D eigenvalue weighted by molar-refractivity contribution is -0.139. The number of halogens is 3. The molecule has 22 heavy (non-hydrogen) atoms. The van der Waals surface area contributed by atoms with Crippen molar-refractivity contribution in [2.45, 2.75) is 38.1 Å². The van der Waals surface area contributed by atoms with Crippen LogP contribution in [0.5, 0.6) is 5.75 Å². The fraction of sp³-hybridized carbons (Fsp3) is 0.533. The van der Waals surface area contributed by atoms with E-state index in [1.54, 1.807) is 6.92 Å². The van der Waals surface area contributed by atoms with Crippen LogP contribution in [-0.4, -0.2) is 31.3 Å². The van der Waals surface area contributed by atoms with E-state index in [0.29, 0.717) is 13.0 Å². The molecule has 0 spiro atoms. The van der Waals surface area contributed by atoms with Crippen molar-refractivity contribution in [1.82, 2.24) is 5.32 Å². The van der Waals surface area contributed by atoms with Crippen molar-refractivity contribution in [2.24, 2.45) is 0 Å².